The van der Waals surface area contributed by atoms with Crippen LogP contribution >= 0.6 is 0 Å². The van der Waals surface area contributed by atoms with Crippen molar-refractivity contribution >= 4 is 16.9 Å². The summed E-state index contributed by atoms with van der Waals surface area (Å²) in [4.78, 5) is 0. The van der Waals surface area contributed by atoms with Gasteiger partial charge in [-0.15, -0.1) is 0 Å². The van der Waals surface area contributed by atoms with Crippen LogP contribution in [0, 0.1) is 0 Å². The van der Waals surface area contributed by atoms with Crippen LogP contribution in [0.5, 0.6) is 11.5 Å². The van der Waals surface area contributed by atoms with Gasteiger partial charge in [-0.2, -0.15) is 0 Å². The first-order valence-corrected chi connectivity index (χ1v) is 4.66. The summed E-state index contributed by atoms with van der Waals surface area (Å²) < 4.78 is 0. The molecule has 0 heterocycles. The summed E-state index contributed by atoms with van der Waals surface area (Å²) in [5.74, 6) is 0.479. The van der Waals surface area contributed by atoms with E-state index in [-0.39, 0.29) is 11.5 Å². The van der Waals surface area contributed by atoms with Gasteiger partial charge in [0.15, 0.2) is 0 Å². The summed E-state index contributed by atoms with van der Waals surface area (Å²) in [5.41, 5.74) is 0.806. The van der Waals surface area contributed by atoms with E-state index in [0.29, 0.717) is 0 Å². The number of hydrogen-bond acceptors (Lipinski definition) is 2. The van der Waals surface area contributed by atoms with Crippen molar-refractivity contribution in [2.75, 3.05) is 0 Å². The van der Waals surface area contributed by atoms with Crippen LogP contribution in [0.3, 0.4) is 0 Å². The van der Waals surface area contributed by atoms with Gasteiger partial charge in [0.25, 0.3) is 0 Å². The normalized spacial score (nSPS) is 9.70. The van der Waals surface area contributed by atoms with Gasteiger partial charge in [0.2, 0.25) is 0 Å². The van der Waals surface area contributed by atoms with Crippen molar-refractivity contribution in [1.29, 1.82) is 0 Å². The molecular weight excluding hydrogens is 191 g/mol. The van der Waals surface area contributed by atoms with E-state index in [1.807, 2.05) is 0 Å². The van der Waals surface area contributed by atoms with E-state index in [4.69, 9.17) is 10.2 Å². The maximum absolute atomic E-state index is 9.13. The molecule has 1 aromatic carbocycles. The Morgan fingerprint density at radius 1 is 1.30 bits per heavy atom. The zero-order valence-electron chi connectivity index (χ0n) is 5.41. The molecule has 54 valence electrons. The third-order valence-corrected chi connectivity index (χ3v) is 2.21. The quantitative estimate of drug-likeness (QED) is 0.503. The van der Waals surface area contributed by atoms with Crippen LogP contribution in [-0.2, 0) is 5.21 Å². The average Bonchev–Trinajstić information content (AvgIpc) is 1.94. The van der Waals surface area contributed by atoms with Gasteiger partial charge in [0, 0.05) is 0 Å². The van der Waals surface area contributed by atoms with Crippen molar-refractivity contribution in [3.8, 4) is 11.5 Å². The molecule has 10 heavy (non-hydrogen) atoms. The molecular formula is C7H9AsO2. The van der Waals surface area contributed by atoms with Gasteiger partial charge < -0.3 is 0 Å². The molecule has 2 nitrogen and oxygen atoms in total. The van der Waals surface area contributed by atoms with Crippen LogP contribution in [0.1, 0.15) is 5.56 Å². The Kier molecular flexibility index (Phi) is 2.23. The summed E-state index contributed by atoms with van der Waals surface area (Å²) in [6.07, 6.45) is 0. The molecule has 0 saturated heterocycles. The molecule has 0 spiro atoms. The summed E-state index contributed by atoms with van der Waals surface area (Å²) in [6.45, 7) is 0. The number of phenols is 2. The van der Waals surface area contributed by atoms with Crippen LogP contribution in [-0.4, -0.2) is 27.1 Å². The molecule has 1 aromatic rings. The van der Waals surface area contributed by atoms with Crippen LogP contribution in [0.15, 0.2) is 18.2 Å². The average molecular weight is 200 g/mol. The Balaban J connectivity index is 3.09. The molecule has 0 aliphatic carbocycles. The zero-order valence-corrected chi connectivity index (χ0v) is 7.83. The van der Waals surface area contributed by atoms with E-state index in [0.717, 1.165) is 10.8 Å². The zero-order chi connectivity index (χ0) is 7.56. The molecule has 0 aromatic heterocycles. The molecule has 1 atom stereocenters. The Bertz CT molecular complexity index is 235. The predicted octanol–water partition coefficient (Wildman–Crippen LogP) is 0.231. The SMILES string of the molecule is Oc1ccc(O)c(C[AsH2])c1. The summed E-state index contributed by atoms with van der Waals surface area (Å²) in [6, 6.07) is 4.56. The van der Waals surface area contributed by atoms with E-state index in [1.165, 1.54) is 29.0 Å². The third-order valence-electron chi connectivity index (χ3n) is 1.28. The van der Waals surface area contributed by atoms with Crippen LogP contribution in [0.2, 0.25) is 0 Å². The molecule has 0 amide bonds. The molecule has 0 aliphatic rings. The van der Waals surface area contributed by atoms with Gasteiger partial charge in [0.1, 0.15) is 0 Å². The van der Waals surface area contributed by atoms with Gasteiger partial charge >= 0.3 is 67.5 Å². The minimum atomic E-state index is 0.213. The molecule has 1 unspecified atom stereocenters. The summed E-state index contributed by atoms with van der Waals surface area (Å²) >= 11 is 1.51. The molecule has 3 heteroatoms. The van der Waals surface area contributed by atoms with Gasteiger partial charge in [-0.3, -0.25) is 0 Å². The van der Waals surface area contributed by atoms with Gasteiger partial charge in [0.05, 0.1) is 0 Å². The predicted molar refractivity (Wildman–Crippen MR) is 42.0 cm³/mol. The van der Waals surface area contributed by atoms with E-state index in [2.05, 4.69) is 0 Å². The molecule has 1 rings (SSSR count). The second-order valence-electron chi connectivity index (χ2n) is 2.02. The molecule has 0 fully saturated rings. The fourth-order valence-electron chi connectivity index (χ4n) is 0.735. The fraction of sp³-hybridized carbons (Fsp3) is 0.143. The number of hydrogen-bond donors (Lipinski definition) is 2. The molecule has 0 aliphatic heterocycles. The first-order valence-electron chi connectivity index (χ1n) is 2.95. The van der Waals surface area contributed by atoms with E-state index in [9.17, 15) is 0 Å². The Morgan fingerprint density at radius 2 is 2.00 bits per heavy atom. The van der Waals surface area contributed by atoms with Crippen molar-refractivity contribution in [3.05, 3.63) is 23.8 Å². The number of aromatic hydroxyl groups is 2. The topological polar surface area (TPSA) is 40.5 Å². The van der Waals surface area contributed by atoms with E-state index in [1.54, 1.807) is 6.07 Å². The van der Waals surface area contributed by atoms with Crippen molar-refractivity contribution in [2.45, 2.75) is 5.21 Å². The van der Waals surface area contributed by atoms with Gasteiger partial charge in [-0.05, 0) is 0 Å². The van der Waals surface area contributed by atoms with Crippen LogP contribution in [0.4, 0.5) is 0 Å². The van der Waals surface area contributed by atoms with Crippen LogP contribution < -0.4 is 0 Å². The first kappa shape index (κ1) is 7.49. The third kappa shape index (κ3) is 1.45. The van der Waals surface area contributed by atoms with Crippen molar-refractivity contribution in [1.82, 2.24) is 0 Å². The molecule has 0 radical (unpaired) electrons. The Hall–Kier alpha value is -0.622. The van der Waals surface area contributed by atoms with Crippen molar-refractivity contribution in [2.24, 2.45) is 0 Å². The van der Waals surface area contributed by atoms with Crippen molar-refractivity contribution in [3.63, 3.8) is 0 Å². The van der Waals surface area contributed by atoms with Gasteiger partial charge in [-0.1, -0.05) is 0 Å². The fourth-order valence-corrected chi connectivity index (χ4v) is 1.42. The first-order chi connectivity index (χ1) is 4.74. The molecule has 0 saturated carbocycles. The van der Waals surface area contributed by atoms with E-state index < -0.39 is 0 Å². The van der Waals surface area contributed by atoms with Gasteiger partial charge in [-0.25, -0.2) is 0 Å². The Labute approximate surface area is 68.0 Å². The molecule has 0 bridgehead atoms. The van der Waals surface area contributed by atoms with E-state index >= 15 is 0 Å². The number of benzene rings is 1. The second kappa shape index (κ2) is 2.98. The summed E-state index contributed by atoms with van der Waals surface area (Å²) in [5, 5.41) is 18.9. The summed E-state index contributed by atoms with van der Waals surface area (Å²) in [7, 11) is 0. The monoisotopic (exact) mass is 200 g/mol. The number of rotatable bonds is 1. The van der Waals surface area contributed by atoms with Crippen molar-refractivity contribution < 1.29 is 10.2 Å². The standard InChI is InChI=1S/C7H9AsO2/c8-4-5-3-6(9)1-2-7(5)10/h1-3,9-10H,4,8H2. The van der Waals surface area contributed by atoms with Crippen LogP contribution in [0.25, 0.3) is 0 Å². The Morgan fingerprint density at radius 3 is 2.50 bits per heavy atom. The molecule has 2 N–H and O–H groups in total. The second-order valence-corrected chi connectivity index (χ2v) is 2.87. The number of phenolic OH excluding ortho intramolecular Hbond substituents is 2. The maximum atomic E-state index is 9.13. The minimum absolute atomic E-state index is 0.213.